The van der Waals surface area contributed by atoms with Gasteiger partial charge in [-0.25, -0.2) is 0 Å². The van der Waals surface area contributed by atoms with Crippen LogP contribution in [-0.2, 0) is 6.54 Å². The summed E-state index contributed by atoms with van der Waals surface area (Å²) < 4.78 is 0. The van der Waals surface area contributed by atoms with Crippen molar-refractivity contribution in [2.75, 3.05) is 27.2 Å². The standard InChI is InChI=1S/C12H21N3/c1-15(2)9-4-3-7-13-10-12-6-5-8-14-11-12/h5-6,8,11,13H,3-4,7,9-10H2,1-2H3. The maximum atomic E-state index is 4.08. The molecule has 1 rings (SSSR count). The molecule has 0 saturated heterocycles. The van der Waals surface area contributed by atoms with Gasteiger partial charge in [-0.1, -0.05) is 6.07 Å². The predicted molar refractivity (Wildman–Crippen MR) is 63.7 cm³/mol. The van der Waals surface area contributed by atoms with E-state index in [9.17, 15) is 0 Å². The fourth-order valence-corrected chi connectivity index (χ4v) is 1.41. The monoisotopic (exact) mass is 207 g/mol. The number of hydrogen-bond acceptors (Lipinski definition) is 3. The molecule has 0 aliphatic rings. The molecular formula is C12H21N3. The number of rotatable bonds is 7. The average molecular weight is 207 g/mol. The number of nitrogens with one attached hydrogen (secondary N) is 1. The van der Waals surface area contributed by atoms with Crippen molar-refractivity contribution in [1.29, 1.82) is 0 Å². The molecule has 0 aromatic carbocycles. The minimum absolute atomic E-state index is 0.926. The molecule has 1 aromatic heterocycles. The molecule has 0 fully saturated rings. The number of aromatic nitrogens is 1. The summed E-state index contributed by atoms with van der Waals surface area (Å²) in [4.78, 5) is 6.30. The molecule has 84 valence electrons. The van der Waals surface area contributed by atoms with Crippen molar-refractivity contribution in [2.24, 2.45) is 0 Å². The Hall–Kier alpha value is -0.930. The topological polar surface area (TPSA) is 28.2 Å². The second-order valence-electron chi connectivity index (χ2n) is 4.05. The van der Waals surface area contributed by atoms with Gasteiger partial charge in [-0.05, 0) is 51.7 Å². The van der Waals surface area contributed by atoms with Crippen molar-refractivity contribution in [1.82, 2.24) is 15.2 Å². The molecule has 1 aromatic rings. The van der Waals surface area contributed by atoms with E-state index in [1.54, 1.807) is 6.20 Å². The van der Waals surface area contributed by atoms with Crippen LogP contribution in [0.15, 0.2) is 24.5 Å². The fraction of sp³-hybridized carbons (Fsp3) is 0.583. The van der Waals surface area contributed by atoms with Crippen molar-refractivity contribution in [2.45, 2.75) is 19.4 Å². The van der Waals surface area contributed by atoms with Gasteiger partial charge in [0.05, 0.1) is 0 Å². The Balaban J connectivity index is 1.98. The summed E-state index contributed by atoms with van der Waals surface area (Å²) in [6, 6.07) is 4.07. The first-order valence-corrected chi connectivity index (χ1v) is 5.53. The molecule has 1 N–H and O–H groups in total. The van der Waals surface area contributed by atoms with Gasteiger partial charge in [0.15, 0.2) is 0 Å². The number of pyridine rings is 1. The molecule has 0 amide bonds. The number of hydrogen-bond donors (Lipinski definition) is 1. The van der Waals surface area contributed by atoms with Gasteiger partial charge in [-0.3, -0.25) is 4.98 Å². The Morgan fingerprint density at radius 3 is 2.87 bits per heavy atom. The van der Waals surface area contributed by atoms with E-state index in [4.69, 9.17) is 0 Å². The van der Waals surface area contributed by atoms with Gasteiger partial charge < -0.3 is 10.2 Å². The van der Waals surface area contributed by atoms with Crippen LogP contribution in [0.3, 0.4) is 0 Å². The third-order valence-corrected chi connectivity index (χ3v) is 2.26. The molecule has 0 unspecified atom stereocenters. The summed E-state index contributed by atoms with van der Waals surface area (Å²) in [6.45, 7) is 3.19. The normalized spacial score (nSPS) is 10.9. The van der Waals surface area contributed by atoms with E-state index in [0.29, 0.717) is 0 Å². The molecule has 0 radical (unpaired) electrons. The minimum atomic E-state index is 0.926. The Bertz CT molecular complexity index is 246. The molecule has 0 atom stereocenters. The molecular weight excluding hydrogens is 186 g/mol. The molecule has 0 spiro atoms. The lowest BCUT2D eigenvalue weighted by Crippen LogP contribution is -2.18. The van der Waals surface area contributed by atoms with Crippen LogP contribution in [-0.4, -0.2) is 37.1 Å². The van der Waals surface area contributed by atoms with Crippen LogP contribution in [0.1, 0.15) is 18.4 Å². The second kappa shape index (κ2) is 7.37. The summed E-state index contributed by atoms with van der Waals surface area (Å²) in [6.07, 6.45) is 6.21. The van der Waals surface area contributed by atoms with Crippen molar-refractivity contribution < 1.29 is 0 Å². The Kier molecular flexibility index (Phi) is 5.97. The Labute approximate surface area is 92.5 Å². The summed E-state index contributed by atoms with van der Waals surface area (Å²) in [7, 11) is 4.23. The highest BCUT2D eigenvalue weighted by atomic mass is 15.0. The zero-order valence-corrected chi connectivity index (χ0v) is 9.74. The lowest BCUT2D eigenvalue weighted by molar-refractivity contribution is 0.391. The van der Waals surface area contributed by atoms with Crippen LogP contribution in [0.2, 0.25) is 0 Å². The maximum Gasteiger partial charge on any atom is 0.0312 e. The average Bonchev–Trinajstić information content (AvgIpc) is 2.24. The van der Waals surface area contributed by atoms with Gasteiger partial charge in [0, 0.05) is 18.9 Å². The first-order valence-electron chi connectivity index (χ1n) is 5.53. The molecule has 0 bridgehead atoms. The number of nitrogens with zero attached hydrogens (tertiary/aromatic N) is 2. The number of unbranched alkanes of at least 4 members (excludes halogenated alkanes) is 1. The second-order valence-corrected chi connectivity index (χ2v) is 4.05. The van der Waals surface area contributed by atoms with Gasteiger partial charge in [-0.15, -0.1) is 0 Å². The third kappa shape index (κ3) is 6.20. The lowest BCUT2D eigenvalue weighted by atomic mass is 10.2. The molecule has 0 aliphatic carbocycles. The van der Waals surface area contributed by atoms with Crippen molar-refractivity contribution in [3.8, 4) is 0 Å². The van der Waals surface area contributed by atoms with Gasteiger partial charge in [-0.2, -0.15) is 0 Å². The predicted octanol–water partition coefficient (Wildman–Crippen LogP) is 1.51. The van der Waals surface area contributed by atoms with Crippen LogP contribution in [0.4, 0.5) is 0 Å². The van der Waals surface area contributed by atoms with Gasteiger partial charge >= 0.3 is 0 Å². The minimum Gasteiger partial charge on any atom is -0.313 e. The highest BCUT2D eigenvalue weighted by Gasteiger charge is 1.93. The van der Waals surface area contributed by atoms with E-state index >= 15 is 0 Å². The van der Waals surface area contributed by atoms with E-state index < -0.39 is 0 Å². The van der Waals surface area contributed by atoms with Gasteiger partial charge in [0.1, 0.15) is 0 Å². The van der Waals surface area contributed by atoms with E-state index in [1.807, 2.05) is 12.3 Å². The molecule has 3 nitrogen and oxygen atoms in total. The SMILES string of the molecule is CN(C)CCCCNCc1cccnc1. The Morgan fingerprint density at radius 1 is 1.33 bits per heavy atom. The molecule has 1 heterocycles. The maximum absolute atomic E-state index is 4.08. The van der Waals surface area contributed by atoms with Crippen LogP contribution in [0.5, 0.6) is 0 Å². The largest absolute Gasteiger partial charge is 0.313 e. The zero-order valence-electron chi connectivity index (χ0n) is 9.74. The first-order chi connectivity index (χ1) is 7.29. The van der Waals surface area contributed by atoms with E-state index in [2.05, 4.69) is 35.4 Å². The van der Waals surface area contributed by atoms with E-state index in [0.717, 1.165) is 13.1 Å². The van der Waals surface area contributed by atoms with Crippen LogP contribution >= 0.6 is 0 Å². The highest BCUT2D eigenvalue weighted by Crippen LogP contribution is 1.95. The van der Waals surface area contributed by atoms with Crippen molar-refractivity contribution in [3.05, 3.63) is 30.1 Å². The summed E-state index contributed by atoms with van der Waals surface area (Å²) in [5, 5.41) is 3.42. The van der Waals surface area contributed by atoms with E-state index in [-0.39, 0.29) is 0 Å². The summed E-state index contributed by atoms with van der Waals surface area (Å²) in [5.74, 6) is 0. The smallest absolute Gasteiger partial charge is 0.0312 e. The van der Waals surface area contributed by atoms with Crippen molar-refractivity contribution >= 4 is 0 Å². The quantitative estimate of drug-likeness (QED) is 0.687. The van der Waals surface area contributed by atoms with Gasteiger partial charge in [0.25, 0.3) is 0 Å². The lowest BCUT2D eigenvalue weighted by Gasteiger charge is -2.09. The Morgan fingerprint density at radius 2 is 2.20 bits per heavy atom. The fourth-order valence-electron chi connectivity index (χ4n) is 1.41. The first kappa shape index (κ1) is 12.1. The molecule has 0 saturated carbocycles. The summed E-state index contributed by atoms with van der Waals surface area (Å²) in [5.41, 5.74) is 1.25. The molecule has 3 heteroatoms. The summed E-state index contributed by atoms with van der Waals surface area (Å²) >= 11 is 0. The van der Waals surface area contributed by atoms with Gasteiger partial charge in [0.2, 0.25) is 0 Å². The van der Waals surface area contributed by atoms with Crippen LogP contribution < -0.4 is 5.32 Å². The highest BCUT2D eigenvalue weighted by molar-refractivity contribution is 5.07. The van der Waals surface area contributed by atoms with E-state index in [1.165, 1.54) is 24.9 Å². The van der Waals surface area contributed by atoms with Crippen LogP contribution in [0.25, 0.3) is 0 Å². The third-order valence-electron chi connectivity index (χ3n) is 2.26. The molecule has 0 aliphatic heterocycles. The van der Waals surface area contributed by atoms with Crippen molar-refractivity contribution in [3.63, 3.8) is 0 Å². The van der Waals surface area contributed by atoms with Crippen LogP contribution in [0, 0.1) is 0 Å². The zero-order chi connectivity index (χ0) is 10.9. The molecule has 15 heavy (non-hydrogen) atoms.